The van der Waals surface area contributed by atoms with Gasteiger partial charge in [0.2, 0.25) is 5.91 Å². The molecule has 0 saturated heterocycles. The molecular weight excluding hydrogens is 348 g/mol. The summed E-state index contributed by atoms with van der Waals surface area (Å²) < 4.78 is 15.5. The van der Waals surface area contributed by atoms with E-state index >= 15 is 0 Å². The van der Waals surface area contributed by atoms with E-state index in [0.29, 0.717) is 28.0 Å². The molecule has 0 spiro atoms. The summed E-state index contributed by atoms with van der Waals surface area (Å²) in [6.07, 6.45) is 0. The first-order valence-corrected chi connectivity index (χ1v) is 7.49. The smallest absolute Gasteiger partial charge is 0.259 e. The van der Waals surface area contributed by atoms with Crippen LogP contribution in [-0.4, -0.2) is 33.1 Å². The van der Waals surface area contributed by atoms with Crippen LogP contribution in [0.5, 0.6) is 17.2 Å². The van der Waals surface area contributed by atoms with Crippen LogP contribution in [0, 0.1) is 0 Å². The van der Waals surface area contributed by atoms with Gasteiger partial charge in [-0.25, -0.2) is 0 Å². The summed E-state index contributed by atoms with van der Waals surface area (Å²) >= 11 is 6.05. The van der Waals surface area contributed by atoms with E-state index in [4.69, 9.17) is 31.5 Å². The van der Waals surface area contributed by atoms with Crippen LogP contribution in [0.15, 0.2) is 30.3 Å². The topological polar surface area (TPSA) is 99.9 Å². The number of methoxy groups -OCH3 is 3. The van der Waals surface area contributed by atoms with Gasteiger partial charge in [0.1, 0.15) is 17.2 Å². The van der Waals surface area contributed by atoms with E-state index in [1.54, 1.807) is 0 Å². The van der Waals surface area contributed by atoms with E-state index in [0.717, 1.165) is 0 Å². The van der Waals surface area contributed by atoms with Crippen molar-refractivity contribution >= 4 is 29.1 Å². The van der Waals surface area contributed by atoms with Gasteiger partial charge in [0, 0.05) is 17.7 Å². The quantitative estimate of drug-likeness (QED) is 0.820. The van der Waals surface area contributed by atoms with Crippen molar-refractivity contribution < 1.29 is 23.8 Å². The predicted octanol–water partition coefficient (Wildman–Crippen LogP) is 2.72. The number of benzene rings is 2. The van der Waals surface area contributed by atoms with Gasteiger partial charge in [0.05, 0.1) is 37.6 Å². The normalized spacial score (nSPS) is 10.1. The molecule has 2 amide bonds. The Bertz CT molecular complexity index is 823. The van der Waals surface area contributed by atoms with E-state index in [2.05, 4.69) is 5.32 Å². The summed E-state index contributed by atoms with van der Waals surface area (Å²) in [7, 11) is 4.32. The molecule has 0 fully saturated rings. The molecule has 0 unspecified atom stereocenters. The second kappa shape index (κ2) is 7.76. The molecule has 132 valence electrons. The van der Waals surface area contributed by atoms with Gasteiger partial charge in [-0.1, -0.05) is 11.6 Å². The van der Waals surface area contributed by atoms with Gasteiger partial charge in [-0.15, -0.1) is 0 Å². The van der Waals surface area contributed by atoms with E-state index < -0.39 is 11.8 Å². The number of hydrogen-bond donors (Lipinski definition) is 2. The number of amides is 2. The Labute approximate surface area is 149 Å². The molecule has 0 saturated carbocycles. The Balaban J connectivity index is 2.43. The summed E-state index contributed by atoms with van der Waals surface area (Å²) in [6.45, 7) is 0. The highest BCUT2D eigenvalue weighted by Crippen LogP contribution is 2.36. The third-order valence-corrected chi connectivity index (χ3v) is 3.75. The lowest BCUT2D eigenvalue weighted by molar-refractivity contribution is 0.1000. The van der Waals surface area contributed by atoms with E-state index in [1.807, 2.05) is 0 Å². The Morgan fingerprint density at radius 3 is 2.16 bits per heavy atom. The van der Waals surface area contributed by atoms with Gasteiger partial charge in [-0.3, -0.25) is 9.59 Å². The van der Waals surface area contributed by atoms with Crippen molar-refractivity contribution in [2.75, 3.05) is 26.6 Å². The fourth-order valence-corrected chi connectivity index (χ4v) is 2.42. The van der Waals surface area contributed by atoms with Crippen LogP contribution in [-0.2, 0) is 0 Å². The first-order chi connectivity index (χ1) is 11.9. The minimum Gasteiger partial charge on any atom is -0.496 e. The molecule has 0 heterocycles. The Hall–Kier alpha value is -2.93. The number of nitrogens with two attached hydrogens (primary N) is 1. The lowest BCUT2D eigenvalue weighted by Crippen LogP contribution is -2.17. The van der Waals surface area contributed by atoms with Crippen molar-refractivity contribution in [2.45, 2.75) is 0 Å². The van der Waals surface area contributed by atoms with Gasteiger partial charge in [0.25, 0.3) is 5.91 Å². The molecule has 0 aliphatic rings. The average Bonchev–Trinajstić information content (AvgIpc) is 2.61. The number of carbonyl (C=O) groups is 2. The van der Waals surface area contributed by atoms with Gasteiger partial charge >= 0.3 is 0 Å². The van der Waals surface area contributed by atoms with Crippen LogP contribution in [0.25, 0.3) is 0 Å². The van der Waals surface area contributed by atoms with Crippen LogP contribution < -0.4 is 25.3 Å². The van der Waals surface area contributed by atoms with Gasteiger partial charge < -0.3 is 25.3 Å². The van der Waals surface area contributed by atoms with Crippen LogP contribution in [0.1, 0.15) is 20.7 Å². The molecule has 0 aliphatic heterocycles. The van der Waals surface area contributed by atoms with Crippen LogP contribution >= 0.6 is 11.6 Å². The predicted molar refractivity (Wildman–Crippen MR) is 94.0 cm³/mol. The zero-order chi connectivity index (χ0) is 18.6. The molecule has 2 rings (SSSR count). The molecule has 25 heavy (non-hydrogen) atoms. The van der Waals surface area contributed by atoms with Gasteiger partial charge in [-0.05, 0) is 18.2 Å². The number of halogens is 1. The van der Waals surface area contributed by atoms with E-state index in [-0.39, 0.29) is 11.1 Å². The van der Waals surface area contributed by atoms with Crippen molar-refractivity contribution in [1.29, 1.82) is 0 Å². The highest BCUT2D eigenvalue weighted by Gasteiger charge is 2.18. The largest absolute Gasteiger partial charge is 0.496 e. The van der Waals surface area contributed by atoms with Crippen LogP contribution in [0.3, 0.4) is 0 Å². The maximum Gasteiger partial charge on any atom is 0.259 e. The third-order valence-electron chi connectivity index (χ3n) is 3.45. The molecule has 0 aliphatic carbocycles. The fourth-order valence-electron chi connectivity index (χ4n) is 2.19. The number of carbonyl (C=O) groups excluding carboxylic acids is 2. The number of primary amides is 1. The standard InChI is InChI=1S/C17H17ClN2O5/c1-23-13-5-4-9(16(19)21)6-10(13)17(22)20-12-8-14(24-2)11(18)7-15(12)25-3/h4-8H,1-3H3,(H2,19,21)(H,20,22). The summed E-state index contributed by atoms with van der Waals surface area (Å²) in [5, 5.41) is 3.02. The number of hydrogen-bond acceptors (Lipinski definition) is 5. The maximum absolute atomic E-state index is 12.6. The zero-order valence-corrected chi connectivity index (χ0v) is 14.6. The molecule has 2 aromatic rings. The van der Waals surface area contributed by atoms with Gasteiger partial charge in [0.15, 0.2) is 0 Å². The highest BCUT2D eigenvalue weighted by molar-refractivity contribution is 6.32. The van der Waals surface area contributed by atoms with E-state index in [9.17, 15) is 9.59 Å². The molecule has 8 heteroatoms. The maximum atomic E-state index is 12.6. The average molecular weight is 365 g/mol. The Morgan fingerprint density at radius 2 is 1.60 bits per heavy atom. The second-order valence-corrected chi connectivity index (χ2v) is 5.33. The molecule has 2 aromatic carbocycles. The summed E-state index contributed by atoms with van der Waals surface area (Å²) in [5.41, 5.74) is 5.95. The van der Waals surface area contributed by atoms with Crippen molar-refractivity contribution in [3.8, 4) is 17.2 Å². The molecular formula is C17H17ClN2O5. The minimum absolute atomic E-state index is 0.148. The number of anilines is 1. The first kappa shape index (κ1) is 18.4. The Morgan fingerprint density at radius 1 is 0.960 bits per heavy atom. The molecule has 7 nitrogen and oxygen atoms in total. The highest BCUT2D eigenvalue weighted by atomic mass is 35.5. The molecule has 0 radical (unpaired) electrons. The summed E-state index contributed by atoms with van der Waals surface area (Å²) in [4.78, 5) is 24.0. The summed E-state index contributed by atoms with van der Waals surface area (Å²) in [5.74, 6) is -0.146. The van der Waals surface area contributed by atoms with Crippen LogP contribution in [0.2, 0.25) is 5.02 Å². The fraction of sp³-hybridized carbons (Fsp3) is 0.176. The van der Waals surface area contributed by atoms with Crippen LogP contribution in [0.4, 0.5) is 5.69 Å². The molecule has 3 N–H and O–H groups in total. The number of ether oxygens (including phenoxy) is 3. The Kier molecular flexibility index (Phi) is 5.71. The molecule has 0 aromatic heterocycles. The summed E-state index contributed by atoms with van der Waals surface area (Å²) in [6, 6.07) is 7.38. The first-order valence-electron chi connectivity index (χ1n) is 7.12. The zero-order valence-electron chi connectivity index (χ0n) is 13.9. The number of rotatable bonds is 6. The minimum atomic E-state index is -0.651. The molecule has 0 atom stereocenters. The molecule has 0 bridgehead atoms. The third kappa shape index (κ3) is 3.95. The van der Waals surface area contributed by atoms with Gasteiger partial charge in [-0.2, -0.15) is 0 Å². The monoisotopic (exact) mass is 364 g/mol. The lowest BCUT2D eigenvalue weighted by atomic mass is 10.1. The second-order valence-electron chi connectivity index (χ2n) is 4.92. The van der Waals surface area contributed by atoms with Crippen molar-refractivity contribution in [3.05, 3.63) is 46.5 Å². The van der Waals surface area contributed by atoms with Crippen molar-refractivity contribution in [3.63, 3.8) is 0 Å². The van der Waals surface area contributed by atoms with Crippen molar-refractivity contribution in [2.24, 2.45) is 5.73 Å². The lowest BCUT2D eigenvalue weighted by Gasteiger charge is -2.14. The van der Waals surface area contributed by atoms with E-state index in [1.165, 1.54) is 51.7 Å². The SMILES string of the molecule is COc1cc(NC(=O)c2cc(C(N)=O)ccc2OC)c(OC)cc1Cl. The van der Waals surface area contributed by atoms with Crippen molar-refractivity contribution in [1.82, 2.24) is 0 Å². The number of nitrogens with one attached hydrogen (secondary N) is 1.